The van der Waals surface area contributed by atoms with Crippen LogP contribution in [0.15, 0.2) is 47.4 Å². The minimum absolute atomic E-state index is 0.0525. The maximum Gasteiger partial charge on any atom is 0.254 e. The molecule has 2 aromatic carbocycles. The van der Waals surface area contributed by atoms with Gasteiger partial charge >= 0.3 is 0 Å². The molecule has 0 radical (unpaired) electrons. The second kappa shape index (κ2) is 12.6. The van der Waals surface area contributed by atoms with Gasteiger partial charge in [0.25, 0.3) is 11.8 Å². The lowest BCUT2D eigenvalue weighted by atomic mass is 10.1. The molecule has 0 spiro atoms. The Hall–Kier alpha value is -3.81. The number of hydrogen-bond donors (Lipinski definition) is 4. The largest absolute Gasteiger partial charge is 0.384 e. The molecule has 40 heavy (non-hydrogen) atoms. The van der Waals surface area contributed by atoms with E-state index in [4.69, 9.17) is 22.3 Å². The van der Waals surface area contributed by atoms with E-state index in [1.165, 1.54) is 0 Å². The maximum absolute atomic E-state index is 13.6. The van der Waals surface area contributed by atoms with Crippen LogP contribution in [-0.4, -0.2) is 118 Å². The summed E-state index contributed by atoms with van der Waals surface area (Å²) in [5.74, 6) is -0.261. The van der Waals surface area contributed by atoms with Crippen LogP contribution in [-0.2, 0) is 17.5 Å². The third kappa shape index (κ3) is 6.84. The van der Waals surface area contributed by atoms with E-state index in [9.17, 15) is 13.8 Å². The van der Waals surface area contributed by atoms with Crippen molar-refractivity contribution < 1.29 is 13.8 Å². The molecule has 0 aliphatic carbocycles. The molecule has 6 N–H and O–H groups in total. The first kappa shape index (κ1) is 29.2. The van der Waals surface area contributed by atoms with E-state index < -0.39 is 11.0 Å². The van der Waals surface area contributed by atoms with Crippen molar-refractivity contribution in [3.05, 3.63) is 64.7 Å². The fourth-order valence-electron chi connectivity index (χ4n) is 4.86. The molecule has 214 valence electrons. The predicted octanol–water partition coefficient (Wildman–Crippen LogP) is 0.164. The number of amidine groups is 1. The number of nitrogens with zero attached hydrogens (tertiary/aromatic N) is 5. The number of amides is 2. The lowest BCUT2D eigenvalue weighted by Crippen LogP contribution is -2.50. The molecule has 0 bridgehead atoms. The Morgan fingerprint density at radius 2 is 1.27 bits per heavy atom. The van der Waals surface area contributed by atoms with Crippen molar-refractivity contribution in [1.29, 1.82) is 10.8 Å². The SMILES string of the molecule is CN(C)S(=O)c1cc(CN2CCN(C(=N)N)CC2)cc(C(=O)N2CCN(C(=O)c3ccc(C(=N)N)cc3)CC2)c1. The average Bonchev–Trinajstić information content (AvgIpc) is 2.96. The first-order chi connectivity index (χ1) is 19.0. The van der Waals surface area contributed by atoms with Crippen LogP contribution in [0.4, 0.5) is 0 Å². The summed E-state index contributed by atoms with van der Waals surface area (Å²) in [6.07, 6.45) is 0. The van der Waals surface area contributed by atoms with Gasteiger partial charge in [0.15, 0.2) is 5.96 Å². The Bertz CT molecular complexity index is 1300. The van der Waals surface area contributed by atoms with Gasteiger partial charge in [-0.2, -0.15) is 0 Å². The predicted molar refractivity (Wildman–Crippen MR) is 155 cm³/mol. The lowest BCUT2D eigenvalue weighted by Gasteiger charge is -2.35. The van der Waals surface area contributed by atoms with Gasteiger partial charge in [0.1, 0.15) is 16.8 Å². The molecule has 1 unspecified atom stereocenters. The molecule has 2 fully saturated rings. The Labute approximate surface area is 237 Å². The van der Waals surface area contributed by atoms with Crippen molar-refractivity contribution in [2.75, 3.05) is 66.5 Å². The van der Waals surface area contributed by atoms with Gasteiger partial charge in [0, 0.05) is 75.6 Å². The van der Waals surface area contributed by atoms with Crippen LogP contribution in [0.3, 0.4) is 0 Å². The Morgan fingerprint density at radius 3 is 1.77 bits per heavy atom. The van der Waals surface area contributed by atoms with Crippen molar-refractivity contribution in [3.8, 4) is 0 Å². The molecule has 2 aliphatic heterocycles. The van der Waals surface area contributed by atoms with Gasteiger partial charge in [-0.05, 0) is 50.0 Å². The number of nitrogens with two attached hydrogens (primary N) is 2. The average molecular weight is 568 g/mol. The van der Waals surface area contributed by atoms with Crippen LogP contribution in [0.1, 0.15) is 31.8 Å². The Morgan fingerprint density at radius 1 is 0.775 bits per heavy atom. The third-order valence-corrected chi connectivity index (χ3v) is 8.46. The number of benzene rings is 2. The summed E-state index contributed by atoms with van der Waals surface area (Å²) in [5.41, 5.74) is 13.6. The standard InChI is InChI=1S/C27H37N9O3S/c1-32(2)40(39)23-16-19(18-33-7-9-36(10-8-33)27(30)31)15-22(17-23)26(38)35-13-11-34(12-14-35)25(37)21-5-3-20(4-6-21)24(28)29/h3-6,15-17H,7-14,18H2,1-2H3,(H3,28,29)(H3,30,31). The number of nitrogen functional groups attached to an aromatic ring is 1. The van der Waals surface area contributed by atoms with Gasteiger partial charge in [-0.3, -0.25) is 25.3 Å². The van der Waals surface area contributed by atoms with E-state index in [0.29, 0.717) is 67.4 Å². The van der Waals surface area contributed by atoms with Crippen LogP contribution >= 0.6 is 0 Å². The molecule has 12 nitrogen and oxygen atoms in total. The number of nitrogens with one attached hydrogen (secondary N) is 2. The highest BCUT2D eigenvalue weighted by Gasteiger charge is 2.27. The normalized spacial score (nSPS) is 17.1. The molecule has 2 heterocycles. The zero-order chi connectivity index (χ0) is 29.0. The summed E-state index contributed by atoms with van der Waals surface area (Å²) in [6, 6.07) is 12.1. The lowest BCUT2D eigenvalue weighted by molar-refractivity contribution is 0.0535. The molecular weight excluding hydrogens is 530 g/mol. The summed E-state index contributed by atoms with van der Waals surface area (Å²) in [5, 5.41) is 15.1. The van der Waals surface area contributed by atoms with Crippen LogP contribution < -0.4 is 11.5 Å². The highest BCUT2D eigenvalue weighted by atomic mass is 32.2. The fraction of sp³-hybridized carbons (Fsp3) is 0.407. The van der Waals surface area contributed by atoms with Crippen LogP contribution in [0.25, 0.3) is 0 Å². The number of hydrogen-bond acceptors (Lipinski definition) is 6. The number of carbonyl (C=O) groups is 2. The molecule has 0 aromatic heterocycles. The third-order valence-electron chi connectivity index (χ3n) is 7.16. The maximum atomic E-state index is 13.6. The molecule has 2 amide bonds. The molecule has 0 saturated carbocycles. The van der Waals surface area contributed by atoms with E-state index in [1.807, 2.05) is 17.0 Å². The first-order valence-electron chi connectivity index (χ1n) is 13.1. The van der Waals surface area contributed by atoms with Gasteiger partial charge in [-0.1, -0.05) is 12.1 Å². The molecule has 1 atom stereocenters. The molecule has 2 aromatic rings. The summed E-state index contributed by atoms with van der Waals surface area (Å²) < 4.78 is 14.6. The molecule has 2 saturated heterocycles. The van der Waals surface area contributed by atoms with Crippen LogP contribution in [0, 0.1) is 10.8 Å². The van der Waals surface area contributed by atoms with Gasteiger partial charge in [-0.15, -0.1) is 0 Å². The van der Waals surface area contributed by atoms with Gasteiger partial charge in [0.2, 0.25) is 0 Å². The van der Waals surface area contributed by atoms with E-state index in [1.54, 1.807) is 58.5 Å². The highest BCUT2D eigenvalue weighted by molar-refractivity contribution is 7.82. The molecule has 2 aliphatic rings. The number of carbonyl (C=O) groups excluding carboxylic acids is 2. The Kier molecular flexibility index (Phi) is 9.17. The van der Waals surface area contributed by atoms with Gasteiger partial charge in [-0.25, -0.2) is 8.51 Å². The number of rotatable bonds is 7. The number of piperazine rings is 2. The van der Waals surface area contributed by atoms with Crippen molar-refractivity contribution >= 4 is 34.6 Å². The summed E-state index contributed by atoms with van der Waals surface area (Å²) in [4.78, 5) is 34.6. The molecule has 4 rings (SSSR count). The minimum atomic E-state index is -1.42. The van der Waals surface area contributed by atoms with Crippen LogP contribution in [0.5, 0.6) is 0 Å². The van der Waals surface area contributed by atoms with Crippen LogP contribution in [0.2, 0.25) is 0 Å². The molecule has 13 heteroatoms. The summed E-state index contributed by atoms with van der Waals surface area (Å²) in [6.45, 7) is 4.95. The summed E-state index contributed by atoms with van der Waals surface area (Å²) >= 11 is 0. The second-order valence-corrected chi connectivity index (χ2v) is 11.9. The fourth-order valence-corrected chi connectivity index (χ4v) is 5.76. The van der Waals surface area contributed by atoms with Crippen molar-refractivity contribution in [1.82, 2.24) is 23.9 Å². The van der Waals surface area contributed by atoms with Crippen molar-refractivity contribution in [2.45, 2.75) is 11.4 Å². The smallest absolute Gasteiger partial charge is 0.254 e. The van der Waals surface area contributed by atoms with E-state index >= 15 is 0 Å². The van der Waals surface area contributed by atoms with Gasteiger partial charge < -0.3 is 26.2 Å². The Balaban J connectivity index is 1.44. The van der Waals surface area contributed by atoms with Gasteiger partial charge in [0.05, 0.1) is 4.90 Å². The monoisotopic (exact) mass is 567 g/mol. The number of guanidine groups is 1. The first-order valence-corrected chi connectivity index (χ1v) is 14.2. The minimum Gasteiger partial charge on any atom is -0.384 e. The van der Waals surface area contributed by atoms with Crippen molar-refractivity contribution in [3.63, 3.8) is 0 Å². The highest BCUT2D eigenvalue weighted by Crippen LogP contribution is 2.20. The van der Waals surface area contributed by atoms with E-state index in [2.05, 4.69) is 4.90 Å². The van der Waals surface area contributed by atoms with E-state index in [-0.39, 0.29) is 23.6 Å². The topological polar surface area (TPSA) is 167 Å². The zero-order valence-corrected chi connectivity index (χ0v) is 23.7. The second-order valence-electron chi connectivity index (χ2n) is 10.2. The van der Waals surface area contributed by atoms with Crippen molar-refractivity contribution in [2.24, 2.45) is 11.5 Å². The zero-order valence-electron chi connectivity index (χ0n) is 22.9. The molecular formula is C27H37N9O3S. The van der Waals surface area contributed by atoms with E-state index in [0.717, 1.165) is 18.7 Å². The quantitative estimate of drug-likeness (QED) is 0.273. The summed E-state index contributed by atoms with van der Waals surface area (Å²) in [7, 11) is 2.05.